The van der Waals surface area contributed by atoms with Gasteiger partial charge in [-0.3, -0.25) is 14.5 Å². The van der Waals surface area contributed by atoms with E-state index in [0.717, 1.165) is 21.3 Å². The van der Waals surface area contributed by atoms with Crippen molar-refractivity contribution in [2.75, 3.05) is 15.0 Å². The van der Waals surface area contributed by atoms with E-state index >= 15 is 0 Å². The van der Waals surface area contributed by atoms with Crippen molar-refractivity contribution in [3.05, 3.63) is 88.8 Å². The molecule has 2 amide bonds. The third-order valence-electron chi connectivity index (χ3n) is 7.71. The number of nitrogens with zero attached hydrogens (tertiary/aromatic N) is 4. The van der Waals surface area contributed by atoms with Crippen LogP contribution in [0.25, 0.3) is 0 Å². The Morgan fingerprint density at radius 3 is 2.50 bits per heavy atom. The summed E-state index contributed by atoms with van der Waals surface area (Å²) in [6, 6.07) is 12.0. The van der Waals surface area contributed by atoms with Crippen molar-refractivity contribution in [3.63, 3.8) is 0 Å². The molecular formula is C30H27ClF3N5O4S. The molecule has 0 bridgehead atoms. The van der Waals surface area contributed by atoms with Crippen LogP contribution in [0.4, 0.5) is 24.7 Å². The number of amides is 2. The van der Waals surface area contributed by atoms with Crippen LogP contribution in [-0.2, 0) is 19.6 Å². The first-order valence-electron chi connectivity index (χ1n) is 13.8. The van der Waals surface area contributed by atoms with Crippen LogP contribution >= 0.6 is 11.6 Å². The van der Waals surface area contributed by atoms with Gasteiger partial charge in [0, 0.05) is 41.4 Å². The van der Waals surface area contributed by atoms with Crippen molar-refractivity contribution in [1.82, 2.24) is 10.3 Å². The Bertz CT molecular complexity index is 1730. The van der Waals surface area contributed by atoms with Crippen molar-refractivity contribution in [1.29, 1.82) is 5.26 Å². The maximum atomic E-state index is 14.6. The summed E-state index contributed by atoms with van der Waals surface area (Å²) in [5, 5.41) is 12.2. The number of carbonyl (C=O) groups is 2. The van der Waals surface area contributed by atoms with E-state index in [9.17, 15) is 36.4 Å². The lowest BCUT2D eigenvalue weighted by atomic mass is 9.91. The van der Waals surface area contributed by atoms with Crippen molar-refractivity contribution >= 4 is 44.9 Å². The summed E-state index contributed by atoms with van der Waals surface area (Å²) in [6.07, 6.45) is 0.187. The number of hydrogen-bond acceptors (Lipinski definition) is 6. The molecule has 44 heavy (non-hydrogen) atoms. The topological polar surface area (TPSA) is 123 Å². The smallest absolute Gasteiger partial charge is 0.252 e. The molecule has 1 aliphatic heterocycles. The van der Waals surface area contributed by atoms with Gasteiger partial charge in [-0.1, -0.05) is 35.9 Å². The number of alkyl halides is 2. The van der Waals surface area contributed by atoms with E-state index in [2.05, 4.69) is 10.3 Å². The molecule has 9 nitrogen and oxygen atoms in total. The van der Waals surface area contributed by atoms with Crippen molar-refractivity contribution < 1.29 is 31.2 Å². The quantitative estimate of drug-likeness (QED) is 0.380. The second kappa shape index (κ2) is 12.5. The summed E-state index contributed by atoms with van der Waals surface area (Å²) in [5.41, 5.74) is 0.201. The number of nitriles is 1. The molecule has 5 rings (SSSR count). The highest BCUT2D eigenvalue weighted by Crippen LogP contribution is 2.38. The molecule has 2 aliphatic rings. The zero-order chi connectivity index (χ0) is 31.6. The molecule has 0 radical (unpaired) electrons. The lowest BCUT2D eigenvalue weighted by Gasteiger charge is -2.37. The van der Waals surface area contributed by atoms with Crippen molar-refractivity contribution in [2.45, 2.75) is 56.2 Å². The van der Waals surface area contributed by atoms with Crippen LogP contribution in [0.2, 0.25) is 5.02 Å². The summed E-state index contributed by atoms with van der Waals surface area (Å²) in [7, 11) is -4.09. The fourth-order valence-corrected chi connectivity index (χ4v) is 7.48. The molecule has 1 saturated carbocycles. The molecule has 2 aromatic carbocycles. The van der Waals surface area contributed by atoms with Gasteiger partial charge in [0.1, 0.15) is 23.7 Å². The Labute approximate surface area is 257 Å². The third-order valence-corrected chi connectivity index (χ3v) is 9.85. The molecule has 3 aromatic rings. The summed E-state index contributed by atoms with van der Waals surface area (Å²) in [5.74, 6) is -5.81. The van der Waals surface area contributed by atoms with Gasteiger partial charge in [0.25, 0.3) is 5.91 Å². The predicted octanol–water partition coefficient (Wildman–Crippen LogP) is 5.12. The Kier molecular flexibility index (Phi) is 8.85. The highest BCUT2D eigenvalue weighted by Gasteiger charge is 2.47. The van der Waals surface area contributed by atoms with Gasteiger partial charge in [-0.15, -0.1) is 0 Å². The van der Waals surface area contributed by atoms with E-state index < -0.39 is 70.3 Å². The van der Waals surface area contributed by atoms with Gasteiger partial charge in [0.05, 0.1) is 17.4 Å². The van der Waals surface area contributed by atoms with Gasteiger partial charge in [-0.05, 0) is 55.7 Å². The van der Waals surface area contributed by atoms with Crippen LogP contribution in [0.5, 0.6) is 0 Å². The number of nitrogens with one attached hydrogen (secondary N) is 1. The molecule has 1 unspecified atom stereocenters. The molecule has 2 fully saturated rings. The molecule has 2 heterocycles. The third kappa shape index (κ3) is 6.51. The number of hydrogen-bond donors (Lipinski definition) is 1. The highest BCUT2D eigenvalue weighted by molar-refractivity contribution is 7.93. The largest absolute Gasteiger partial charge is 0.351 e. The maximum Gasteiger partial charge on any atom is 0.252 e. The van der Waals surface area contributed by atoms with Gasteiger partial charge in [-0.2, -0.15) is 5.26 Å². The number of aromatic nitrogens is 1. The average Bonchev–Trinajstić information content (AvgIpc) is 3.31. The van der Waals surface area contributed by atoms with E-state index in [1.54, 1.807) is 12.1 Å². The summed E-state index contributed by atoms with van der Waals surface area (Å²) >= 11 is 6.54. The van der Waals surface area contributed by atoms with Gasteiger partial charge in [0.15, 0.2) is 0 Å². The van der Waals surface area contributed by atoms with Gasteiger partial charge in [-0.25, -0.2) is 30.9 Å². The van der Waals surface area contributed by atoms with E-state index in [4.69, 9.17) is 11.6 Å². The summed E-state index contributed by atoms with van der Waals surface area (Å²) in [4.78, 5) is 33.7. The minimum atomic E-state index is -4.09. The van der Waals surface area contributed by atoms with Gasteiger partial charge >= 0.3 is 0 Å². The van der Waals surface area contributed by atoms with Gasteiger partial charge in [0.2, 0.25) is 21.9 Å². The van der Waals surface area contributed by atoms with Crippen molar-refractivity contribution in [2.24, 2.45) is 0 Å². The molecule has 1 aliphatic carbocycles. The molecule has 2 atom stereocenters. The summed E-state index contributed by atoms with van der Waals surface area (Å²) < 4.78 is 69.6. The normalized spacial score (nSPS) is 20.0. The van der Waals surface area contributed by atoms with E-state index in [0.29, 0.717) is 0 Å². The van der Waals surface area contributed by atoms with Crippen LogP contribution in [0.1, 0.15) is 49.3 Å². The number of anilines is 2. The maximum absolute atomic E-state index is 14.6. The van der Waals surface area contributed by atoms with Crippen LogP contribution in [0, 0.1) is 17.1 Å². The lowest BCUT2D eigenvalue weighted by molar-refractivity contribution is -0.128. The lowest BCUT2D eigenvalue weighted by Crippen LogP contribution is -2.53. The number of halogens is 4. The first-order valence-corrected chi connectivity index (χ1v) is 15.8. The minimum absolute atomic E-state index is 0.00254. The van der Waals surface area contributed by atoms with Crippen LogP contribution in [0.3, 0.4) is 0 Å². The number of carbonyl (C=O) groups excluding carboxylic acids is 2. The molecule has 230 valence electrons. The zero-order valence-electron chi connectivity index (χ0n) is 23.2. The molecule has 1 aromatic heterocycles. The fraction of sp³-hybridized carbons (Fsp3) is 0.333. The van der Waals surface area contributed by atoms with Gasteiger partial charge < -0.3 is 5.32 Å². The fourth-order valence-electron chi connectivity index (χ4n) is 5.55. The predicted molar refractivity (Wildman–Crippen MR) is 157 cm³/mol. The average molecular weight is 646 g/mol. The zero-order valence-corrected chi connectivity index (χ0v) is 24.7. The number of pyridine rings is 1. The highest BCUT2D eigenvalue weighted by atomic mass is 35.5. The second-order valence-corrected chi connectivity index (χ2v) is 13.1. The Morgan fingerprint density at radius 1 is 1.09 bits per heavy atom. The van der Waals surface area contributed by atoms with Crippen molar-refractivity contribution in [3.8, 4) is 6.07 Å². The van der Waals surface area contributed by atoms with E-state index in [1.165, 1.54) is 42.6 Å². The summed E-state index contributed by atoms with van der Waals surface area (Å²) in [6.45, 7) is 0. The number of benzene rings is 2. The molecule has 0 spiro atoms. The van der Waals surface area contributed by atoms with Crippen LogP contribution < -0.4 is 14.5 Å². The Balaban J connectivity index is 1.62. The molecule has 1 N–H and O–H groups in total. The number of rotatable bonds is 7. The standard InChI is InChI=1S/C30H27ClF3N5O4S/c31-24-7-2-1-6-23(24)27(28(40)37-21-8-12-30(33,34)13-9-21)38(22-5-3-4-20(32)17-22)29(41)25-11-15-44(42,43)39(25)26-16-19(18-35)10-14-36-26/h1-7,10,14,16-17,21,25,27H,8-9,11-13,15H2,(H,37,40)/t25?,27-/m1/s1. The SMILES string of the molecule is N#Cc1ccnc(N2C(C(=O)N(c3cccc(F)c3)[C@@H](C(=O)NC3CCC(F)(F)CC3)c3ccccc3Cl)CCS2(=O)=O)c1. The van der Waals surface area contributed by atoms with E-state index in [-0.39, 0.29) is 46.9 Å². The van der Waals surface area contributed by atoms with Crippen LogP contribution in [-0.4, -0.2) is 49.0 Å². The molecule has 14 heteroatoms. The first kappa shape index (κ1) is 31.3. The monoisotopic (exact) mass is 645 g/mol. The molecule has 1 saturated heterocycles. The van der Waals surface area contributed by atoms with Crippen LogP contribution in [0.15, 0.2) is 66.9 Å². The van der Waals surface area contributed by atoms with E-state index in [1.807, 2.05) is 6.07 Å². The Morgan fingerprint density at radius 2 is 1.82 bits per heavy atom. The minimum Gasteiger partial charge on any atom is -0.351 e. The Hall–Kier alpha value is -4.15. The molecular weight excluding hydrogens is 619 g/mol. The first-order chi connectivity index (χ1) is 20.9. The number of sulfonamides is 1. The second-order valence-electron chi connectivity index (χ2n) is 10.7.